The summed E-state index contributed by atoms with van der Waals surface area (Å²) in [6.45, 7) is 0.387. The number of esters is 1. The van der Waals surface area contributed by atoms with Crippen molar-refractivity contribution in [1.29, 1.82) is 5.26 Å². The summed E-state index contributed by atoms with van der Waals surface area (Å²) in [5.74, 6) is -0.642. The number of methoxy groups -OCH3 is 1. The number of hydrogen-bond donors (Lipinski definition) is 1. The summed E-state index contributed by atoms with van der Waals surface area (Å²) in [6.07, 6.45) is 0.257. The van der Waals surface area contributed by atoms with Gasteiger partial charge in [0.1, 0.15) is 0 Å². The lowest BCUT2D eigenvalue weighted by molar-refractivity contribution is -0.140. The molecule has 1 aromatic carbocycles. The molecule has 0 fully saturated rings. The summed E-state index contributed by atoms with van der Waals surface area (Å²) in [4.78, 5) is 40.4. The van der Waals surface area contributed by atoms with Crippen LogP contribution in [0.1, 0.15) is 12.8 Å². The van der Waals surface area contributed by atoms with Gasteiger partial charge in [-0.25, -0.2) is 4.98 Å². The zero-order valence-corrected chi connectivity index (χ0v) is 15.0. The summed E-state index contributed by atoms with van der Waals surface area (Å²) in [5, 5.41) is 11.9. The zero-order chi connectivity index (χ0) is 18.9. The van der Waals surface area contributed by atoms with Crippen LogP contribution in [0, 0.1) is 11.3 Å². The molecule has 2 rings (SSSR count). The number of carbonyl (C=O) groups excluding carboxylic acids is 2. The minimum Gasteiger partial charge on any atom is -0.469 e. The molecule has 26 heavy (non-hydrogen) atoms. The summed E-state index contributed by atoms with van der Waals surface area (Å²) < 4.78 is 6.00. The van der Waals surface area contributed by atoms with E-state index >= 15 is 0 Å². The molecule has 136 valence electrons. The Morgan fingerprint density at radius 3 is 2.88 bits per heavy atom. The van der Waals surface area contributed by atoms with Gasteiger partial charge in [0.15, 0.2) is 5.16 Å². The van der Waals surface area contributed by atoms with Gasteiger partial charge in [0.25, 0.3) is 5.56 Å². The fourth-order valence-corrected chi connectivity index (χ4v) is 3.05. The van der Waals surface area contributed by atoms with Gasteiger partial charge < -0.3 is 10.1 Å². The molecular formula is C17H18N4O4S. The third kappa shape index (κ3) is 5.07. The number of rotatable bonds is 8. The van der Waals surface area contributed by atoms with E-state index < -0.39 is 5.97 Å². The number of nitriles is 1. The summed E-state index contributed by atoms with van der Waals surface area (Å²) in [6, 6.07) is 8.85. The Labute approximate surface area is 154 Å². The maximum absolute atomic E-state index is 12.7. The Hall–Kier alpha value is -2.86. The first-order valence-electron chi connectivity index (χ1n) is 7.89. The molecule has 0 unspecified atom stereocenters. The van der Waals surface area contributed by atoms with Crippen LogP contribution in [-0.2, 0) is 20.9 Å². The predicted octanol–water partition coefficient (Wildman–Crippen LogP) is 1.08. The van der Waals surface area contributed by atoms with Gasteiger partial charge in [0.05, 0.1) is 42.7 Å². The van der Waals surface area contributed by atoms with E-state index in [2.05, 4.69) is 15.0 Å². The van der Waals surface area contributed by atoms with Crippen molar-refractivity contribution in [3.63, 3.8) is 0 Å². The number of fused-ring (bicyclic) bond motifs is 1. The number of nitrogens with zero attached hydrogens (tertiary/aromatic N) is 3. The number of para-hydroxylation sites is 1. The number of ether oxygens (including phenoxy) is 1. The molecule has 1 amide bonds. The Morgan fingerprint density at radius 2 is 2.15 bits per heavy atom. The smallest absolute Gasteiger partial charge is 0.307 e. The number of aromatic nitrogens is 2. The molecule has 1 N–H and O–H groups in total. The van der Waals surface area contributed by atoms with E-state index in [0.717, 1.165) is 11.8 Å². The van der Waals surface area contributed by atoms with Gasteiger partial charge in [-0.05, 0) is 12.1 Å². The fraction of sp³-hybridized carbons (Fsp3) is 0.353. The molecule has 0 spiro atoms. The van der Waals surface area contributed by atoms with E-state index in [-0.39, 0.29) is 43.2 Å². The lowest BCUT2D eigenvalue weighted by Crippen LogP contribution is -2.28. The highest BCUT2D eigenvalue weighted by Gasteiger charge is 2.14. The highest BCUT2D eigenvalue weighted by atomic mass is 32.2. The monoisotopic (exact) mass is 374 g/mol. The van der Waals surface area contributed by atoms with Crippen molar-refractivity contribution in [3.05, 3.63) is 34.6 Å². The molecular weight excluding hydrogens is 356 g/mol. The maximum atomic E-state index is 12.7. The van der Waals surface area contributed by atoms with Crippen LogP contribution in [0.25, 0.3) is 10.9 Å². The minimum absolute atomic E-state index is 0.0261. The SMILES string of the molecule is COC(=O)CCn1c(SCC(=O)NCCC#N)nc2ccccc2c1=O. The van der Waals surface area contributed by atoms with Crippen LogP contribution in [0.2, 0.25) is 0 Å². The largest absolute Gasteiger partial charge is 0.469 e. The first-order chi connectivity index (χ1) is 12.6. The van der Waals surface area contributed by atoms with Crippen molar-refractivity contribution in [2.45, 2.75) is 24.5 Å². The number of hydrogen-bond acceptors (Lipinski definition) is 7. The van der Waals surface area contributed by atoms with Crippen molar-refractivity contribution < 1.29 is 14.3 Å². The molecule has 0 aliphatic rings. The highest BCUT2D eigenvalue weighted by Crippen LogP contribution is 2.18. The average Bonchev–Trinajstić information content (AvgIpc) is 2.65. The zero-order valence-electron chi connectivity index (χ0n) is 14.2. The Morgan fingerprint density at radius 1 is 1.38 bits per heavy atom. The molecule has 0 atom stereocenters. The number of thioether (sulfide) groups is 1. The van der Waals surface area contributed by atoms with Gasteiger partial charge in [-0.3, -0.25) is 19.0 Å². The Bertz CT molecular complexity index is 904. The quantitative estimate of drug-likeness (QED) is 0.318. The standard InChI is InChI=1S/C17H18N4O4S/c1-25-15(23)7-10-21-16(24)12-5-2-3-6-13(12)20-17(21)26-11-14(22)19-9-4-8-18/h2-3,5-6H,4,7,9-11H2,1H3,(H,19,22). The molecule has 1 heterocycles. The summed E-state index contributed by atoms with van der Waals surface area (Å²) in [7, 11) is 1.28. The van der Waals surface area contributed by atoms with Crippen LogP contribution in [0.5, 0.6) is 0 Å². The lowest BCUT2D eigenvalue weighted by atomic mass is 10.2. The van der Waals surface area contributed by atoms with E-state index in [0.29, 0.717) is 16.1 Å². The van der Waals surface area contributed by atoms with Crippen molar-refractivity contribution in [2.24, 2.45) is 0 Å². The number of carbonyl (C=O) groups is 2. The van der Waals surface area contributed by atoms with Crippen molar-refractivity contribution in [1.82, 2.24) is 14.9 Å². The second-order valence-corrected chi connectivity index (χ2v) is 6.18. The van der Waals surface area contributed by atoms with Crippen LogP contribution in [-0.4, -0.2) is 40.8 Å². The van der Waals surface area contributed by atoms with Crippen LogP contribution >= 0.6 is 11.8 Å². The number of benzene rings is 1. The fourth-order valence-electron chi connectivity index (χ4n) is 2.20. The second-order valence-electron chi connectivity index (χ2n) is 5.24. The molecule has 8 nitrogen and oxygen atoms in total. The van der Waals surface area contributed by atoms with Gasteiger partial charge >= 0.3 is 5.97 Å². The van der Waals surface area contributed by atoms with Crippen LogP contribution in [0.3, 0.4) is 0 Å². The minimum atomic E-state index is -0.435. The van der Waals surface area contributed by atoms with Crippen LogP contribution in [0.4, 0.5) is 0 Å². The topological polar surface area (TPSA) is 114 Å². The van der Waals surface area contributed by atoms with Gasteiger partial charge in [0.2, 0.25) is 5.91 Å². The van der Waals surface area contributed by atoms with Gasteiger partial charge in [0, 0.05) is 13.1 Å². The van der Waals surface area contributed by atoms with Crippen LogP contribution in [0.15, 0.2) is 34.2 Å². The summed E-state index contributed by atoms with van der Waals surface area (Å²) in [5.41, 5.74) is 0.256. The van der Waals surface area contributed by atoms with E-state index in [1.807, 2.05) is 6.07 Å². The Balaban J connectivity index is 2.24. The molecule has 0 saturated carbocycles. The van der Waals surface area contributed by atoms with Crippen molar-refractivity contribution in [2.75, 3.05) is 19.4 Å². The maximum Gasteiger partial charge on any atom is 0.307 e. The predicted molar refractivity (Wildman–Crippen MR) is 96.6 cm³/mol. The number of amides is 1. The van der Waals surface area contributed by atoms with E-state index in [1.54, 1.807) is 24.3 Å². The highest BCUT2D eigenvalue weighted by molar-refractivity contribution is 7.99. The molecule has 0 saturated heterocycles. The molecule has 0 aliphatic carbocycles. The Kier molecular flexibility index (Phi) is 7.17. The van der Waals surface area contributed by atoms with Crippen molar-refractivity contribution in [3.8, 4) is 6.07 Å². The molecule has 0 radical (unpaired) electrons. The molecule has 0 aliphatic heterocycles. The van der Waals surface area contributed by atoms with Crippen molar-refractivity contribution >= 4 is 34.5 Å². The normalized spacial score (nSPS) is 10.3. The van der Waals surface area contributed by atoms with Crippen LogP contribution < -0.4 is 10.9 Å². The van der Waals surface area contributed by atoms with E-state index in [1.165, 1.54) is 11.7 Å². The lowest BCUT2D eigenvalue weighted by Gasteiger charge is -2.12. The van der Waals surface area contributed by atoms with Gasteiger partial charge in [-0.1, -0.05) is 23.9 Å². The molecule has 2 aromatic rings. The summed E-state index contributed by atoms with van der Waals surface area (Å²) >= 11 is 1.11. The first-order valence-corrected chi connectivity index (χ1v) is 8.88. The molecule has 0 bridgehead atoms. The van der Waals surface area contributed by atoms with Gasteiger partial charge in [-0.15, -0.1) is 0 Å². The number of nitrogens with one attached hydrogen (secondary N) is 1. The average molecular weight is 374 g/mol. The first kappa shape index (κ1) is 19.5. The molecule has 9 heteroatoms. The third-order valence-electron chi connectivity index (χ3n) is 3.49. The third-order valence-corrected chi connectivity index (χ3v) is 4.46. The van der Waals surface area contributed by atoms with E-state index in [4.69, 9.17) is 5.26 Å². The molecule has 1 aromatic heterocycles. The van der Waals surface area contributed by atoms with Gasteiger partial charge in [-0.2, -0.15) is 5.26 Å². The second kappa shape index (κ2) is 9.58. The van der Waals surface area contributed by atoms with E-state index in [9.17, 15) is 14.4 Å².